The molecule has 7 heteroatoms. The topological polar surface area (TPSA) is 89.7 Å². The molecule has 1 aromatic carbocycles. The van der Waals surface area contributed by atoms with Gasteiger partial charge < -0.3 is 15.4 Å². The van der Waals surface area contributed by atoms with Gasteiger partial charge in [0, 0.05) is 24.0 Å². The average molecular weight is 381 g/mol. The normalized spacial score (nSPS) is 16.4. The Morgan fingerprint density at radius 2 is 1.77 bits per heavy atom. The first-order valence-corrected chi connectivity index (χ1v) is 9.16. The van der Waals surface area contributed by atoms with E-state index in [4.69, 9.17) is 22.1 Å². The van der Waals surface area contributed by atoms with Crippen molar-refractivity contribution in [1.82, 2.24) is 4.90 Å². The summed E-state index contributed by atoms with van der Waals surface area (Å²) in [5, 5.41) is 0.596. The monoisotopic (exact) mass is 380 g/mol. The summed E-state index contributed by atoms with van der Waals surface area (Å²) in [6, 6.07) is 7.05. The van der Waals surface area contributed by atoms with Crippen molar-refractivity contribution in [3.05, 3.63) is 34.9 Å². The largest absolute Gasteiger partial charge is 0.455 e. The van der Waals surface area contributed by atoms with Crippen LogP contribution in [0.25, 0.3) is 0 Å². The molecular formula is C19H25ClN2O4. The van der Waals surface area contributed by atoms with E-state index in [2.05, 4.69) is 0 Å². The van der Waals surface area contributed by atoms with Crippen molar-refractivity contribution in [1.29, 1.82) is 0 Å². The molecule has 1 aliphatic rings. The molecule has 2 N–H and O–H groups in total. The molecule has 1 atom stereocenters. The van der Waals surface area contributed by atoms with Crippen LogP contribution in [0.5, 0.6) is 0 Å². The number of esters is 1. The van der Waals surface area contributed by atoms with E-state index in [1.807, 2.05) is 13.8 Å². The fourth-order valence-corrected chi connectivity index (χ4v) is 3.32. The fraction of sp³-hybridized carbons (Fsp3) is 0.526. The summed E-state index contributed by atoms with van der Waals surface area (Å²) in [4.78, 5) is 37.6. The van der Waals surface area contributed by atoms with Crippen molar-refractivity contribution >= 4 is 29.4 Å². The molecule has 1 aromatic rings. The molecule has 0 aliphatic carbocycles. The highest BCUT2D eigenvalue weighted by Crippen LogP contribution is 2.27. The lowest BCUT2D eigenvalue weighted by atomic mass is 9.88. The van der Waals surface area contributed by atoms with Crippen molar-refractivity contribution in [2.24, 2.45) is 17.6 Å². The first kappa shape index (κ1) is 20.2. The minimum atomic E-state index is -0.458. The molecule has 1 saturated heterocycles. The molecule has 1 heterocycles. The van der Waals surface area contributed by atoms with Gasteiger partial charge in [-0.3, -0.25) is 14.4 Å². The van der Waals surface area contributed by atoms with E-state index in [9.17, 15) is 14.4 Å². The van der Waals surface area contributed by atoms with Crippen LogP contribution >= 0.6 is 11.6 Å². The molecule has 142 valence electrons. The Hall–Kier alpha value is -2.08. The molecule has 2 amide bonds. The van der Waals surface area contributed by atoms with Gasteiger partial charge in [-0.05, 0) is 36.5 Å². The Morgan fingerprint density at radius 1 is 1.19 bits per heavy atom. The van der Waals surface area contributed by atoms with Crippen molar-refractivity contribution in [2.75, 3.05) is 19.7 Å². The highest BCUT2D eigenvalue weighted by Gasteiger charge is 2.29. The number of ether oxygens (including phenoxy) is 1. The summed E-state index contributed by atoms with van der Waals surface area (Å²) >= 11 is 5.90. The van der Waals surface area contributed by atoms with Gasteiger partial charge in [-0.1, -0.05) is 37.6 Å². The van der Waals surface area contributed by atoms with Crippen molar-refractivity contribution < 1.29 is 19.1 Å². The van der Waals surface area contributed by atoms with Crippen LogP contribution in [0.3, 0.4) is 0 Å². The van der Waals surface area contributed by atoms with E-state index in [0.29, 0.717) is 31.0 Å². The van der Waals surface area contributed by atoms with Gasteiger partial charge in [-0.2, -0.15) is 0 Å². The molecule has 0 aromatic heterocycles. The van der Waals surface area contributed by atoms with E-state index in [1.54, 1.807) is 29.2 Å². The van der Waals surface area contributed by atoms with E-state index in [0.717, 1.165) is 5.56 Å². The molecule has 26 heavy (non-hydrogen) atoms. The predicted molar refractivity (Wildman–Crippen MR) is 98.5 cm³/mol. The minimum absolute atomic E-state index is 0.0186. The third kappa shape index (κ3) is 5.21. The first-order valence-electron chi connectivity index (χ1n) is 8.78. The maximum absolute atomic E-state index is 12.5. The van der Waals surface area contributed by atoms with Gasteiger partial charge in [0.05, 0.1) is 5.92 Å². The number of hydrogen-bond donors (Lipinski definition) is 1. The lowest BCUT2D eigenvalue weighted by Crippen LogP contribution is -2.43. The number of rotatable bonds is 6. The zero-order valence-electron chi connectivity index (χ0n) is 15.1. The lowest BCUT2D eigenvalue weighted by Gasteiger charge is -2.30. The highest BCUT2D eigenvalue weighted by atomic mass is 35.5. The summed E-state index contributed by atoms with van der Waals surface area (Å²) in [6.45, 7) is 4.47. The van der Waals surface area contributed by atoms with E-state index < -0.39 is 11.9 Å². The number of nitrogens with two attached hydrogens (primary N) is 1. The smallest absolute Gasteiger partial charge is 0.314 e. The molecule has 1 fully saturated rings. The van der Waals surface area contributed by atoms with Gasteiger partial charge in [0.1, 0.15) is 0 Å². The van der Waals surface area contributed by atoms with E-state index in [-0.39, 0.29) is 30.3 Å². The molecular weight excluding hydrogens is 356 g/mol. The third-order valence-electron chi connectivity index (χ3n) is 4.74. The third-order valence-corrected chi connectivity index (χ3v) is 4.99. The quantitative estimate of drug-likeness (QED) is 0.767. The van der Waals surface area contributed by atoms with Crippen LogP contribution < -0.4 is 5.73 Å². The fourth-order valence-electron chi connectivity index (χ4n) is 3.19. The number of piperidine rings is 1. The zero-order valence-corrected chi connectivity index (χ0v) is 15.9. The number of amides is 2. The summed E-state index contributed by atoms with van der Waals surface area (Å²) in [7, 11) is 0. The van der Waals surface area contributed by atoms with Gasteiger partial charge in [-0.15, -0.1) is 0 Å². The lowest BCUT2D eigenvalue weighted by molar-refractivity contribution is -0.154. The molecule has 0 unspecified atom stereocenters. The van der Waals surface area contributed by atoms with Gasteiger partial charge in [0.25, 0.3) is 5.91 Å². The molecule has 0 bridgehead atoms. The second-order valence-corrected chi connectivity index (χ2v) is 7.37. The Bertz CT molecular complexity index is 652. The van der Waals surface area contributed by atoms with Crippen LogP contribution in [-0.4, -0.2) is 42.4 Å². The zero-order chi connectivity index (χ0) is 19.3. The second-order valence-electron chi connectivity index (χ2n) is 6.94. The average Bonchev–Trinajstić information content (AvgIpc) is 2.61. The maximum atomic E-state index is 12.5. The second kappa shape index (κ2) is 9.03. The maximum Gasteiger partial charge on any atom is 0.314 e. The number of nitrogens with zero attached hydrogens (tertiary/aromatic N) is 1. The Kier molecular flexibility index (Phi) is 7.03. The minimum Gasteiger partial charge on any atom is -0.455 e. The van der Waals surface area contributed by atoms with E-state index >= 15 is 0 Å². The van der Waals surface area contributed by atoms with Crippen LogP contribution in [0.4, 0.5) is 0 Å². The molecule has 1 aliphatic heterocycles. The van der Waals surface area contributed by atoms with Crippen LogP contribution in [0.15, 0.2) is 24.3 Å². The van der Waals surface area contributed by atoms with Gasteiger partial charge in [0.2, 0.25) is 5.91 Å². The van der Waals surface area contributed by atoms with Gasteiger partial charge in [0.15, 0.2) is 6.61 Å². The molecule has 2 rings (SSSR count). The van der Waals surface area contributed by atoms with Crippen molar-refractivity contribution in [3.63, 3.8) is 0 Å². The number of likely N-dealkylation sites (tertiary alicyclic amines) is 1. The van der Waals surface area contributed by atoms with Crippen molar-refractivity contribution in [2.45, 2.75) is 32.6 Å². The van der Waals surface area contributed by atoms with Crippen LogP contribution in [0, 0.1) is 11.8 Å². The standard InChI is InChI=1S/C19H25ClN2O4/c1-12(2)17(13-3-5-15(20)6-4-13)19(25)26-11-16(23)22-9-7-14(8-10-22)18(21)24/h3-6,12,14,17H,7-11H2,1-2H3,(H2,21,24)/t17-/m0/s1. The molecule has 0 radical (unpaired) electrons. The molecule has 6 nitrogen and oxygen atoms in total. The number of carbonyl (C=O) groups excluding carboxylic acids is 3. The number of benzene rings is 1. The van der Waals surface area contributed by atoms with Gasteiger partial charge in [-0.25, -0.2) is 0 Å². The summed E-state index contributed by atoms with van der Waals surface area (Å²) in [5.41, 5.74) is 6.10. The number of primary amides is 1. The first-order chi connectivity index (χ1) is 12.3. The number of carbonyl (C=O) groups is 3. The summed E-state index contributed by atoms with van der Waals surface area (Å²) in [6.07, 6.45) is 1.10. The summed E-state index contributed by atoms with van der Waals surface area (Å²) < 4.78 is 5.28. The Labute approximate surface area is 158 Å². The Balaban J connectivity index is 1.90. The number of halogens is 1. The van der Waals surface area contributed by atoms with Crippen LogP contribution in [0.2, 0.25) is 5.02 Å². The van der Waals surface area contributed by atoms with Gasteiger partial charge >= 0.3 is 5.97 Å². The van der Waals surface area contributed by atoms with Crippen molar-refractivity contribution in [3.8, 4) is 0 Å². The SMILES string of the molecule is CC(C)[C@H](C(=O)OCC(=O)N1CCC(C(N)=O)CC1)c1ccc(Cl)cc1. The predicted octanol–water partition coefficient (Wildman–Crippen LogP) is 2.35. The summed E-state index contributed by atoms with van der Waals surface area (Å²) in [5.74, 6) is -1.63. The molecule has 0 spiro atoms. The van der Waals surface area contributed by atoms with Crippen LogP contribution in [-0.2, 0) is 19.1 Å². The van der Waals surface area contributed by atoms with Crippen LogP contribution in [0.1, 0.15) is 38.2 Å². The van der Waals surface area contributed by atoms with E-state index in [1.165, 1.54) is 0 Å². The Morgan fingerprint density at radius 3 is 2.27 bits per heavy atom. The number of hydrogen-bond acceptors (Lipinski definition) is 4. The highest BCUT2D eigenvalue weighted by molar-refractivity contribution is 6.30. The molecule has 0 saturated carbocycles.